The molecular formula is C13H12N2O4. The van der Waals surface area contributed by atoms with E-state index in [1.54, 1.807) is 12.1 Å². The molecule has 6 heteroatoms. The van der Waals surface area contributed by atoms with Crippen LogP contribution in [0.1, 0.15) is 24.4 Å². The molecule has 0 aliphatic carbocycles. The summed E-state index contributed by atoms with van der Waals surface area (Å²) in [6, 6.07) is 4.49. The molecule has 1 aromatic carbocycles. The van der Waals surface area contributed by atoms with Crippen molar-refractivity contribution < 1.29 is 14.1 Å². The number of carbonyl (C=O) groups excluding carboxylic acids is 2. The number of imide groups is 1. The molecule has 1 saturated heterocycles. The monoisotopic (exact) mass is 260 g/mol. The summed E-state index contributed by atoms with van der Waals surface area (Å²) in [5.74, 6) is -0.810. The number of hydrogen-bond donors (Lipinski definition) is 1. The van der Waals surface area contributed by atoms with Crippen molar-refractivity contribution in [1.82, 2.24) is 10.1 Å². The van der Waals surface area contributed by atoms with Gasteiger partial charge in [0.05, 0.1) is 5.39 Å². The zero-order chi connectivity index (χ0) is 13.6. The summed E-state index contributed by atoms with van der Waals surface area (Å²) in [6.45, 7) is 1.89. The van der Waals surface area contributed by atoms with E-state index in [0.29, 0.717) is 11.0 Å². The first-order valence-corrected chi connectivity index (χ1v) is 6.02. The predicted octanol–water partition coefficient (Wildman–Crippen LogP) is 0.881. The smallest absolute Gasteiger partial charge is 0.291 e. The number of piperidine rings is 1. The summed E-state index contributed by atoms with van der Waals surface area (Å²) in [5, 5.41) is 2.65. The van der Waals surface area contributed by atoms with Crippen LogP contribution < -0.4 is 10.9 Å². The summed E-state index contributed by atoms with van der Waals surface area (Å²) in [6.07, 6.45) is 0.488. The number of fused-ring (bicyclic) bond motifs is 1. The SMILES string of the molecule is Cc1ccc2c(=O)n(C3CCC(=O)NC3=O)oc2c1. The van der Waals surface area contributed by atoms with Crippen molar-refractivity contribution in [3.63, 3.8) is 0 Å². The van der Waals surface area contributed by atoms with Crippen molar-refractivity contribution in [3.05, 3.63) is 34.1 Å². The van der Waals surface area contributed by atoms with Crippen LogP contribution in [0.15, 0.2) is 27.5 Å². The highest BCUT2D eigenvalue weighted by molar-refractivity contribution is 5.99. The van der Waals surface area contributed by atoms with Gasteiger partial charge in [-0.05, 0) is 31.0 Å². The van der Waals surface area contributed by atoms with Crippen molar-refractivity contribution in [2.75, 3.05) is 0 Å². The number of rotatable bonds is 1. The Bertz CT molecular complexity index is 741. The fourth-order valence-corrected chi connectivity index (χ4v) is 2.26. The van der Waals surface area contributed by atoms with Crippen molar-refractivity contribution >= 4 is 22.8 Å². The highest BCUT2D eigenvalue weighted by atomic mass is 16.5. The minimum absolute atomic E-state index is 0.207. The van der Waals surface area contributed by atoms with E-state index in [1.807, 2.05) is 13.0 Å². The van der Waals surface area contributed by atoms with Gasteiger partial charge in [0.1, 0.15) is 6.04 Å². The second kappa shape index (κ2) is 4.08. The van der Waals surface area contributed by atoms with Gasteiger partial charge in [0.15, 0.2) is 5.58 Å². The Morgan fingerprint density at radius 3 is 2.84 bits per heavy atom. The van der Waals surface area contributed by atoms with Crippen LogP contribution in [0, 0.1) is 6.92 Å². The molecule has 1 aliphatic heterocycles. The molecule has 0 radical (unpaired) electrons. The normalized spacial score (nSPS) is 19.7. The van der Waals surface area contributed by atoms with Gasteiger partial charge >= 0.3 is 0 Å². The predicted molar refractivity (Wildman–Crippen MR) is 66.6 cm³/mol. The van der Waals surface area contributed by atoms with Crippen molar-refractivity contribution in [2.45, 2.75) is 25.8 Å². The molecule has 19 heavy (non-hydrogen) atoms. The van der Waals surface area contributed by atoms with Crippen LogP contribution in [0.2, 0.25) is 0 Å². The number of amides is 2. The molecule has 1 atom stereocenters. The van der Waals surface area contributed by atoms with Gasteiger partial charge in [-0.15, -0.1) is 0 Å². The van der Waals surface area contributed by atoms with Crippen LogP contribution in [0.4, 0.5) is 0 Å². The first-order chi connectivity index (χ1) is 9.06. The maximum absolute atomic E-state index is 12.2. The Morgan fingerprint density at radius 1 is 1.32 bits per heavy atom. The molecule has 1 unspecified atom stereocenters. The third kappa shape index (κ3) is 1.85. The lowest BCUT2D eigenvalue weighted by Gasteiger charge is -2.19. The summed E-state index contributed by atoms with van der Waals surface area (Å²) in [5.41, 5.74) is 1.08. The van der Waals surface area contributed by atoms with Gasteiger partial charge in [-0.1, -0.05) is 6.07 Å². The van der Waals surface area contributed by atoms with Crippen LogP contribution in [0.25, 0.3) is 11.0 Å². The van der Waals surface area contributed by atoms with E-state index in [4.69, 9.17) is 4.52 Å². The maximum atomic E-state index is 12.2. The summed E-state index contributed by atoms with van der Waals surface area (Å²) in [4.78, 5) is 35.0. The topological polar surface area (TPSA) is 81.3 Å². The largest absolute Gasteiger partial charge is 0.375 e. The Labute approximate surface area is 108 Å². The lowest BCUT2D eigenvalue weighted by atomic mass is 10.1. The highest BCUT2D eigenvalue weighted by Gasteiger charge is 2.31. The van der Waals surface area contributed by atoms with Crippen LogP contribution in [-0.2, 0) is 9.59 Å². The molecule has 0 bridgehead atoms. The lowest BCUT2D eigenvalue weighted by molar-refractivity contribution is -0.137. The molecule has 1 N–H and O–H groups in total. The molecule has 1 aliphatic rings. The molecule has 2 amide bonds. The first-order valence-electron chi connectivity index (χ1n) is 6.02. The standard InChI is InChI=1S/C13H12N2O4/c1-7-2-3-8-10(6-7)19-15(13(8)18)9-4-5-11(16)14-12(9)17/h2-3,6,9H,4-5H2,1H3,(H,14,16,17). The molecule has 2 heterocycles. The van der Waals surface area contributed by atoms with Crippen molar-refractivity contribution in [1.29, 1.82) is 0 Å². The second-order valence-corrected chi connectivity index (χ2v) is 4.69. The van der Waals surface area contributed by atoms with Crippen LogP contribution >= 0.6 is 0 Å². The molecule has 2 aromatic rings. The van der Waals surface area contributed by atoms with Gasteiger partial charge in [0.25, 0.3) is 11.5 Å². The third-order valence-corrected chi connectivity index (χ3v) is 3.26. The molecule has 0 spiro atoms. The lowest BCUT2D eigenvalue weighted by Crippen LogP contribution is -2.43. The van der Waals surface area contributed by atoms with E-state index >= 15 is 0 Å². The second-order valence-electron chi connectivity index (χ2n) is 4.69. The summed E-state index contributed by atoms with van der Waals surface area (Å²) >= 11 is 0. The molecule has 1 fully saturated rings. The number of carbonyl (C=O) groups is 2. The highest BCUT2D eigenvalue weighted by Crippen LogP contribution is 2.21. The number of hydrogen-bond acceptors (Lipinski definition) is 4. The molecule has 6 nitrogen and oxygen atoms in total. The fraction of sp³-hybridized carbons (Fsp3) is 0.308. The quantitative estimate of drug-likeness (QED) is 0.772. The van der Waals surface area contributed by atoms with E-state index in [2.05, 4.69) is 5.32 Å². The average Bonchev–Trinajstić information content (AvgIpc) is 2.66. The van der Waals surface area contributed by atoms with Gasteiger partial charge in [0.2, 0.25) is 5.91 Å². The zero-order valence-corrected chi connectivity index (χ0v) is 10.3. The Balaban J connectivity index is 2.10. The van der Waals surface area contributed by atoms with Gasteiger partial charge < -0.3 is 4.52 Å². The molecule has 1 aromatic heterocycles. The molecule has 0 saturated carbocycles. The number of nitrogens with one attached hydrogen (secondary N) is 1. The van der Waals surface area contributed by atoms with Gasteiger partial charge in [-0.3, -0.25) is 19.7 Å². The first kappa shape index (κ1) is 11.7. The molecular weight excluding hydrogens is 248 g/mol. The summed E-state index contributed by atoms with van der Waals surface area (Å²) in [7, 11) is 0. The van der Waals surface area contributed by atoms with Gasteiger partial charge in [-0.2, -0.15) is 4.74 Å². The Morgan fingerprint density at radius 2 is 2.11 bits per heavy atom. The van der Waals surface area contributed by atoms with E-state index in [0.717, 1.165) is 10.3 Å². The Hall–Kier alpha value is -2.37. The van der Waals surface area contributed by atoms with Crippen molar-refractivity contribution in [2.24, 2.45) is 0 Å². The van der Waals surface area contributed by atoms with E-state index < -0.39 is 11.9 Å². The molecule has 3 rings (SSSR count). The Kier molecular flexibility index (Phi) is 2.51. The van der Waals surface area contributed by atoms with Gasteiger partial charge in [0, 0.05) is 6.42 Å². The van der Waals surface area contributed by atoms with Crippen LogP contribution in [-0.4, -0.2) is 16.6 Å². The van der Waals surface area contributed by atoms with E-state index in [9.17, 15) is 14.4 Å². The van der Waals surface area contributed by atoms with Crippen LogP contribution in [0.3, 0.4) is 0 Å². The van der Waals surface area contributed by atoms with Crippen LogP contribution in [0.5, 0.6) is 0 Å². The zero-order valence-electron chi connectivity index (χ0n) is 10.3. The maximum Gasteiger partial charge on any atom is 0.291 e. The minimum Gasteiger partial charge on any atom is -0.375 e. The molecule has 98 valence electrons. The summed E-state index contributed by atoms with van der Waals surface area (Å²) < 4.78 is 6.52. The number of benzene rings is 1. The van der Waals surface area contributed by atoms with Crippen molar-refractivity contribution in [3.8, 4) is 0 Å². The number of aromatic nitrogens is 1. The third-order valence-electron chi connectivity index (χ3n) is 3.26. The number of aryl methyl sites for hydroxylation is 1. The van der Waals surface area contributed by atoms with E-state index in [1.165, 1.54) is 0 Å². The van der Waals surface area contributed by atoms with E-state index in [-0.39, 0.29) is 24.3 Å². The average molecular weight is 260 g/mol. The van der Waals surface area contributed by atoms with Gasteiger partial charge in [-0.25, -0.2) is 0 Å². The minimum atomic E-state index is -0.752. The fourth-order valence-electron chi connectivity index (χ4n) is 2.26. The number of nitrogens with zero attached hydrogens (tertiary/aromatic N) is 1.